The molecule has 0 aromatic heterocycles. The lowest BCUT2D eigenvalue weighted by Gasteiger charge is -2.10. The summed E-state index contributed by atoms with van der Waals surface area (Å²) in [5.41, 5.74) is 0.722. The molecule has 1 rings (SSSR count). The van der Waals surface area contributed by atoms with E-state index in [-0.39, 0.29) is 18.2 Å². The average Bonchev–Trinajstić information content (AvgIpc) is 2.43. The van der Waals surface area contributed by atoms with Crippen molar-refractivity contribution in [3.63, 3.8) is 0 Å². The van der Waals surface area contributed by atoms with Crippen LogP contribution in [-0.4, -0.2) is 33.2 Å². The van der Waals surface area contributed by atoms with Crippen molar-refractivity contribution in [2.75, 3.05) is 24.2 Å². The third-order valence-electron chi connectivity index (χ3n) is 2.75. The maximum Gasteiger partial charge on any atom is 0.239 e. The summed E-state index contributed by atoms with van der Waals surface area (Å²) in [6.45, 7) is 6.49. The van der Waals surface area contributed by atoms with Crippen LogP contribution in [0, 0.1) is 5.92 Å². The minimum absolute atomic E-state index is 0.0797. The Hall–Kier alpha value is -1.56. The van der Waals surface area contributed by atoms with Crippen LogP contribution in [0.15, 0.2) is 29.2 Å². The van der Waals surface area contributed by atoms with Gasteiger partial charge in [0.05, 0.1) is 17.2 Å². The molecular formula is C14H22N2O3S. The van der Waals surface area contributed by atoms with E-state index < -0.39 is 9.84 Å². The molecule has 0 saturated heterocycles. The molecular weight excluding hydrogens is 276 g/mol. The second kappa shape index (κ2) is 7.28. The molecule has 0 spiro atoms. The zero-order valence-electron chi connectivity index (χ0n) is 12.1. The summed E-state index contributed by atoms with van der Waals surface area (Å²) in [5, 5.41) is 5.76. The molecule has 0 atom stereocenters. The molecule has 1 aromatic carbocycles. The first-order valence-electron chi connectivity index (χ1n) is 6.68. The highest BCUT2D eigenvalue weighted by atomic mass is 32.2. The summed E-state index contributed by atoms with van der Waals surface area (Å²) in [6.07, 6.45) is 0. The summed E-state index contributed by atoms with van der Waals surface area (Å²) < 4.78 is 23.3. The highest BCUT2D eigenvalue weighted by Gasteiger charge is 2.10. The molecule has 1 amide bonds. The van der Waals surface area contributed by atoms with Crippen molar-refractivity contribution in [3.05, 3.63) is 24.3 Å². The van der Waals surface area contributed by atoms with Gasteiger partial charge in [0.1, 0.15) is 0 Å². The zero-order chi connectivity index (χ0) is 15.2. The zero-order valence-corrected chi connectivity index (χ0v) is 13.0. The van der Waals surface area contributed by atoms with E-state index in [0.29, 0.717) is 17.4 Å². The number of carbonyl (C=O) groups excluding carboxylic acids is 1. The van der Waals surface area contributed by atoms with Gasteiger partial charge in [-0.1, -0.05) is 20.8 Å². The standard InChI is InChI=1S/C14H22N2O3S/c1-4-20(18,19)13-7-5-12(6-8-13)15-10-14(17)16-9-11(2)3/h5-8,11,15H,4,9-10H2,1-3H3,(H,16,17). The van der Waals surface area contributed by atoms with Crippen molar-refractivity contribution in [2.45, 2.75) is 25.7 Å². The minimum Gasteiger partial charge on any atom is -0.376 e. The molecule has 0 aliphatic carbocycles. The first kappa shape index (κ1) is 16.5. The lowest BCUT2D eigenvalue weighted by Crippen LogP contribution is -2.32. The lowest BCUT2D eigenvalue weighted by atomic mass is 10.2. The Morgan fingerprint density at radius 3 is 2.30 bits per heavy atom. The number of benzene rings is 1. The fourth-order valence-corrected chi connectivity index (χ4v) is 2.39. The average molecular weight is 298 g/mol. The number of amides is 1. The summed E-state index contributed by atoms with van der Waals surface area (Å²) in [6, 6.07) is 6.43. The van der Waals surface area contributed by atoms with Gasteiger partial charge in [-0.05, 0) is 30.2 Å². The number of hydrogen-bond donors (Lipinski definition) is 2. The smallest absolute Gasteiger partial charge is 0.239 e. The largest absolute Gasteiger partial charge is 0.376 e. The number of sulfone groups is 1. The van der Waals surface area contributed by atoms with Gasteiger partial charge in [0.25, 0.3) is 0 Å². The first-order chi connectivity index (χ1) is 9.35. The van der Waals surface area contributed by atoms with Crippen LogP contribution in [0.3, 0.4) is 0 Å². The minimum atomic E-state index is -3.17. The number of nitrogens with one attached hydrogen (secondary N) is 2. The van der Waals surface area contributed by atoms with Crippen LogP contribution in [-0.2, 0) is 14.6 Å². The topological polar surface area (TPSA) is 75.3 Å². The van der Waals surface area contributed by atoms with Crippen molar-refractivity contribution in [2.24, 2.45) is 5.92 Å². The molecule has 2 N–H and O–H groups in total. The van der Waals surface area contributed by atoms with Crippen LogP contribution < -0.4 is 10.6 Å². The van der Waals surface area contributed by atoms with Crippen LogP contribution >= 0.6 is 0 Å². The Balaban J connectivity index is 2.52. The normalized spacial score (nSPS) is 11.4. The molecule has 112 valence electrons. The van der Waals surface area contributed by atoms with E-state index in [1.54, 1.807) is 31.2 Å². The first-order valence-corrected chi connectivity index (χ1v) is 8.33. The third-order valence-corrected chi connectivity index (χ3v) is 4.50. The van der Waals surface area contributed by atoms with Crippen LogP contribution in [0.25, 0.3) is 0 Å². The Morgan fingerprint density at radius 2 is 1.80 bits per heavy atom. The fourth-order valence-electron chi connectivity index (χ4n) is 1.51. The molecule has 0 saturated carbocycles. The van der Waals surface area contributed by atoms with Gasteiger partial charge in [0.2, 0.25) is 5.91 Å². The second-order valence-electron chi connectivity index (χ2n) is 4.98. The Labute approximate surface area is 120 Å². The molecule has 0 aliphatic heterocycles. The number of anilines is 1. The van der Waals surface area contributed by atoms with Crippen molar-refractivity contribution in [1.82, 2.24) is 5.32 Å². The number of carbonyl (C=O) groups is 1. The van der Waals surface area contributed by atoms with Gasteiger partial charge in [-0.15, -0.1) is 0 Å². The number of rotatable bonds is 7. The van der Waals surface area contributed by atoms with Gasteiger partial charge < -0.3 is 10.6 Å². The molecule has 0 fully saturated rings. The molecule has 6 heteroatoms. The molecule has 20 heavy (non-hydrogen) atoms. The predicted molar refractivity (Wildman–Crippen MR) is 80.5 cm³/mol. The van der Waals surface area contributed by atoms with E-state index in [0.717, 1.165) is 5.69 Å². The maximum atomic E-state index is 11.6. The molecule has 1 aromatic rings. The molecule has 0 radical (unpaired) electrons. The second-order valence-corrected chi connectivity index (χ2v) is 7.26. The van der Waals surface area contributed by atoms with E-state index in [9.17, 15) is 13.2 Å². The molecule has 0 unspecified atom stereocenters. The van der Waals surface area contributed by atoms with Crippen LogP contribution in [0.4, 0.5) is 5.69 Å². The van der Waals surface area contributed by atoms with Crippen LogP contribution in [0.5, 0.6) is 0 Å². The van der Waals surface area contributed by atoms with Gasteiger partial charge in [-0.2, -0.15) is 0 Å². The van der Waals surface area contributed by atoms with Gasteiger partial charge in [0.15, 0.2) is 9.84 Å². The van der Waals surface area contributed by atoms with Gasteiger partial charge in [-0.25, -0.2) is 8.42 Å². The lowest BCUT2D eigenvalue weighted by molar-refractivity contribution is -0.119. The number of hydrogen-bond acceptors (Lipinski definition) is 4. The molecule has 5 nitrogen and oxygen atoms in total. The van der Waals surface area contributed by atoms with Crippen LogP contribution in [0.2, 0.25) is 0 Å². The Bertz CT molecular complexity index is 536. The summed E-state index contributed by atoms with van der Waals surface area (Å²) in [5.74, 6) is 0.415. The Kier molecular flexibility index (Phi) is 6.01. The van der Waals surface area contributed by atoms with E-state index in [1.807, 2.05) is 13.8 Å². The highest BCUT2D eigenvalue weighted by molar-refractivity contribution is 7.91. The van der Waals surface area contributed by atoms with Crippen molar-refractivity contribution < 1.29 is 13.2 Å². The predicted octanol–water partition coefficient (Wildman–Crippen LogP) is 1.66. The summed E-state index contributed by atoms with van der Waals surface area (Å²) in [7, 11) is -3.17. The van der Waals surface area contributed by atoms with E-state index in [4.69, 9.17) is 0 Å². The van der Waals surface area contributed by atoms with E-state index in [1.165, 1.54) is 0 Å². The summed E-state index contributed by atoms with van der Waals surface area (Å²) >= 11 is 0. The Morgan fingerprint density at radius 1 is 1.20 bits per heavy atom. The highest BCUT2D eigenvalue weighted by Crippen LogP contribution is 2.14. The van der Waals surface area contributed by atoms with Gasteiger partial charge in [0, 0.05) is 12.2 Å². The summed E-state index contributed by atoms with van der Waals surface area (Å²) in [4.78, 5) is 11.8. The monoisotopic (exact) mass is 298 g/mol. The van der Waals surface area contributed by atoms with Crippen molar-refractivity contribution in [3.8, 4) is 0 Å². The molecule has 0 heterocycles. The molecule has 0 bridgehead atoms. The van der Waals surface area contributed by atoms with E-state index >= 15 is 0 Å². The molecule has 0 aliphatic rings. The van der Waals surface area contributed by atoms with Crippen molar-refractivity contribution >= 4 is 21.4 Å². The SMILES string of the molecule is CCS(=O)(=O)c1ccc(NCC(=O)NCC(C)C)cc1. The van der Waals surface area contributed by atoms with Gasteiger partial charge >= 0.3 is 0 Å². The maximum absolute atomic E-state index is 11.6. The van der Waals surface area contributed by atoms with Gasteiger partial charge in [-0.3, -0.25) is 4.79 Å². The van der Waals surface area contributed by atoms with Crippen molar-refractivity contribution in [1.29, 1.82) is 0 Å². The van der Waals surface area contributed by atoms with E-state index in [2.05, 4.69) is 10.6 Å². The quantitative estimate of drug-likeness (QED) is 0.803. The fraction of sp³-hybridized carbons (Fsp3) is 0.500. The van der Waals surface area contributed by atoms with Crippen LogP contribution in [0.1, 0.15) is 20.8 Å². The third kappa shape index (κ3) is 5.21.